The van der Waals surface area contributed by atoms with Gasteiger partial charge >= 0.3 is 0 Å². The number of nitrogens with one attached hydrogen (secondary N) is 3. The van der Waals surface area contributed by atoms with Crippen molar-refractivity contribution in [3.63, 3.8) is 0 Å². The highest BCUT2D eigenvalue weighted by atomic mass is 127. The van der Waals surface area contributed by atoms with Gasteiger partial charge in [0.05, 0.1) is 12.7 Å². The van der Waals surface area contributed by atoms with Crippen LogP contribution in [-0.2, 0) is 18.4 Å². The number of hydrogen-bond donors (Lipinski definition) is 3. The Labute approximate surface area is 148 Å². The monoisotopic (exact) mass is 420 g/mol. The van der Waals surface area contributed by atoms with Crippen molar-refractivity contribution < 1.29 is 4.79 Å². The molecule has 7 nitrogen and oxygen atoms in total. The summed E-state index contributed by atoms with van der Waals surface area (Å²) in [5.74, 6) is 1.19. The van der Waals surface area contributed by atoms with E-state index in [9.17, 15) is 4.79 Å². The van der Waals surface area contributed by atoms with E-state index in [0.717, 1.165) is 30.9 Å². The number of aryl methyl sites for hydroxylation is 1. The number of halogens is 1. The van der Waals surface area contributed by atoms with Crippen molar-refractivity contribution in [2.24, 2.45) is 18.0 Å². The first kappa shape index (κ1) is 18.7. The highest BCUT2D eigenvalue weighted by molar-refractivity contribution is 14.0. The van der Waals surface area contributed by atoms with Gasteiger partial charge in [0.25, 0.3) is 0 Å². The Kier molecular flexibility index (Phi) is 8.21. The molecule has 1 aliphatic carbocycles. The Balaban J connectivity index is 0.00000242. The number of hydrogen-bond acceptors (Lipinski definition) is 3. The molecule has 1 heterocycles. The molecular formula is C14H25IN6O. The van der Waals surface area contributed by atoms with E-state index in [-0.39, 0.29) is 35.8 Å². The normalized spacial score (nSPS) is 14.2. The minimum absolute atomic E-state index is 0. The van der Waals surface area contributed by atoms with Crippen LogP contribution in [0.3, 0.4) is 0 Å². The standard InChI is InChI=1S/C14H24N6O.HI/c1-3-15-14(18-8-11-9-19-20(2)10-11)17-7-6-16-13(21)12-4-5-12;/h9-10,12H,3-8H2,1-2H3,(H,16,21)(H2,15,17,18);1H. The van der Waals surface area contributed by atoms with Crippen LogP contribution in [0.2, 0.25) is 0 Å². The lowest BCUT2D eigenvalue weighted by atomic mass is 10.4. The van der Waals surface area contributed by atoms with Crippen molar-refractivity contribution in [2.75, 3.05) is 19.6 Å². The topological polar surface area (TPSA) is 83.3 Å². The molecule has 8 heteroatoms. The zero-order valence-corrected chi connectivity index (χ0v) is 15.5. The van der Waals surface area contributed by atoms with E-state index in [0.29, 0.717) is 19.6 Å². The van der Waals surface area contributed by atoms with E-state index in [1.165, 1.54) is 0 Å². The second-order valence-corrected chi connectivity index (χ2v) is 5.21. The van der Waals surface area contributed by atoms with Crippen molar-refractivity contribution in [2.45, 2.75) is 26.3 Å². The first-order chi connectivity index (χ1) is 10.2. The number of rotatable bonds is 7. The van der Waals surface area contributed by atoms with Crippen molar-refractivity contribution in [3.05, 3.63) is 18.0 Å². The quantitative estimate of drug-likeness (QED) is 0.262. The summed E-state index contributed by atoms with van der Waals surface area (Å²) in [5, 5.41) is 13.4. The minimum Gasteiger partial charge on any atom is -0.357 e. The molecule has 1 aromatic heterocycles. The lowest BCUT2D eigenvalue weighted by molar-refractivity contribution is -0.122. The van der Waals surface area contributed by atoms with Gasteiger partial charge in [0.15, 0.2) is 5.96 Å². The fraction of sp³-hybridized carbons (Fsp3) is 0.643. The predicted molar refractivity (Wildman–Crippen MR) is 97.2 cm³/mol. The van der Waals surface area contributed by atoms with Gasteiger partial charge in [-0.2, -0.15) is 5.10 Å². The van der Waals surface area contributed by atoms with Gasteiger partial charge in [-0.1, -0.05) is 0 Å². The summed E-state index contributed by atoms with van der Waals surface area (Å²) in [6, 6.07) is 0. The van der Waals surface area contributed by atoms with Crippen molar-refractivity contribution in [1.29, 1.82) is 0 Å². The van der Waals surface area contributed by atoms with Crippen LogP contribution in [0.5, 0.6) is 0 Å². The maximum Gasteiger partial charge on any atom is 0.223 e. The van der Waals surface area contributed by atoms with Gasteiger partial charge in [-0.15, -0.1) is 24.0 Å². The Morgan fingerprint density at radius 3 is 2.68 bits per heavy atom. The van der Waals surface area contributed by atoms with E-state index in [1.54, 1.807) is 4.68 Å². The number of nitrogens with zero attached hydrogens (tertiary/aromatic N) is 3. The Morgan fingerprint density at radius 1 is 1.36 bits per heavy atom. The van der Waals surface area contributed by atoms with E-state index in [2.05, 4.69) is 26.0 Å². The average Bonchev–Trinajstić information content (AvgIpc) is 3.24. The molecule has 0 spiro atoms. The van der Waals surface area contributed by atoms with Gasteiger partial charge in [0, 0.05) is 44.4 Å². The molecule has 0 unspecified atom stereocenters. The average molecular weight is 420 g/mol. The lowest BCUT2D eigenvalue weighted by Crippen LogP contribution is -2.41. The van der Waals surface area contributed by atoms with Gasteiger partial charge < -0.3 is 16.0 Å². The third kappa shape index (κ3) is 6.63. The van der Waals surface area contributed by atoms with Crippen LogP contribution in [0.25, 0.3) is 0 Å². The summed E-state index contributed by atoms with van der Waals surface area (Å²) < 4.78 is 1.76. The van der Waals surface area contributed by atoms with Crippen LogP contribution in [0, 0.1) is 5.92 Å². The van der Waals surface area contributed by atoms with Crippen molar-refractivity contribution in [3.8, 4) is 0 Å². The molecule has 1 aliphatic rings. The van der Waals surface area contributed by atoms with E-state index in [1.807, 2.05) is 26.4 Å². The van der Waals surface area contributed by atoms with Crippen LogP contribution >= 0.6 is 24.0 Å². The first-order valence-electron chi connectivity index (χ1n) is 7.46. The highest BCUT2D eigenvalue weighted by Gasteiger charge is 2.28. The summed E-state index contributed by atoms with van der Waals surface area (Å²) in [6.07, 6.45) is 5.83. The zero-order valence-electron chi connectivity index (χ0n) is 13.1. The fourth-order valence-electron chi connectivity index (χ4n) is 1.92. The van der Waals surface area contributed by atoms with E-state index < -0.39 is 0 Å². The van der Waals surface area contributed by atoms with Crippen LogP contribution < -0.4 is 16.0 Å². The maximum absolute atomic E-state index is 11.5. The van der Waals surface area contributed by atoms with Gasteiger partial charge in [-0.3, -0.25) is 9.48 Å². The molecule has 1 amide bonds. The number of carbonyl (C=O) groups excluding carboxylic acids is 1. The molecule has 0 bridgehead atoms. The first-order valence-corrected chi connectivity index (χ1v) is 7.46. The maximum atomic E-state index is 11.5. The Hall–Kier alpha value is -1.32. The SMILES string of the molecule is CCNC(=NCc1cnn(C)c1)NCCNC(=O)C1CC1.I. The van der Waals surface area contributed by atoms with Crippen molar-refractivity contribution in [1.82, 2.24) is 25.7 Å². The molecule has 1 aromatic rings. The van der Waals surface area contributed by atoms with Crippen LogP contribution in [0.1, 0.15) is 25.3 Å². The van der Waals surface area contributed by atoms with Crippen LogP contribution in [0.4, 0.5) is 0 Å². The second kappa shape index (κ2) is 9.65. The molecule has 0 aliphatic heterocycles. The number of carbonyl (C=O) groups is 1. The largest absolute Gasteiger partial charge is 0.357 e. The van der Waals surface area contributed by atoms with Gasteiger partial charge in [-0.25, -0.2) is 4.99 Å². The third-order valence-corrected chi connectivity index (χ3v) is 3.19. The van der Waals surface area contributed by atoms with E-state index in [4.69, 9.17) is 0 Å². The molecule has 2 rings (SSSR count). The van der Waals surface area contributed by atoms with Crippen LogP contribution in [0.15, 0.2) is 17.4 Å². The van der Waals surface area contributed by atoms with E-state index >= 15 is 0 Å². The molecule has 1 saturated carbocycles. The zero-order chi connectivity index (χ0) is 15.1. The number of aliphatic imine (C=N–C) groups is 1. The minimum atomic E-state index is 0. The molecule has 0 radical (unpaired) electrons. The smallest absolute Gasteiger partial charge is 0.223 e. The summed E-state index contributed by atoms with van der Waals surface area (Å²) in [5.41, 5.74) is 1.07. The predicted octanol–water partition coefficient (Wildman–Crippen LogP) is 0.619. The van der Waals surface area contributed by atoms with Gasteiger partial charge in [0.1, 0.15) is 0 Å². The highest BCUT2D eigenvalue weighted by Crippen LogP contribution is 2.28. The second-order valence-electron chi connectivity index (χ2n) is 5.21. The molecule has 0 atom stereocenters. The lowest BCUT2D eigenvalue weighted by Gasteiger charge is -2.11. The summed E-state index contributed by atoms with van der Waals surface area (Å²) in [4.78, 5) is 16.0. The van der Waals surface area contributed by atoms with Crippen molar-refractivity contribution >= 4 is 35.8 Å². The molecular weight excluding hydrogens is 395 g/mol. The van der Waals surface area contributed by atoms with Crippen LogP contribution in [-0.4, -0.2) is 41.3 Å². The molecule has 3 N–H and O–H groups in total. The Bertz CT molecular complexity index is 497. The number of guanidine groups is 1. The molecule has 0 saturated heterocycles. The molecule has 0 aromatic carbocycles. The Morgan fingerprint density at radius 2 is 2.09 bits per heavy atom. The fourth-order valence-corrected chi connectivity index (χ4v) is 1.92. The molecule has 22 heavy (non-hydrogen) atoms. The number of aromatic nitrogens is 2. The summed E-state index contributed by atoms with van der Waals surface area (Å²) in [7, 11) is 1.89. The third-order valence-electron chi connectivity index (χ3n) is 3.19. The molecule has 1 fully saturated rings. The number of amides is 1. The van der Waals surface area contributed by atoms with Gasteiger partial charge in [-0.05, 0) is 19.8 Å². The molecule has 124 valence electrons. The van der Waals surface area contributed by atoms with Gasteiger partial charge in [0.2, 0.25) is 5.91 Å². The summed E-state index contributed by atoms with van der Waals surface area (Å²) in [6.45, 7) is 4.69. The summed E-state index contributed by atoms with van der Waals surface area (Å²) >= 11 is 0.